The van der Waals surface area contributed by atoms with Crippen molar-refractivity contribution in [3.8, 4) is 11.5 Å². The molecule has 1 aliphatic rings. The lowest BCUT2D eigenvalue weighted by Gasteiger charge is -2.31. The van der Waals surface area contributed by atoms with Gasteiger partial charge in [0.15, 0.2) is 5.78 Å². The van der Waals surface area contributed by atoms with Gasteiger partial charge in [0.05, 0.1) is 29.7 Å². The zero-order valence-corrected chi connectivity index (χ0v) is 23.6. The molecule has 1 saturated heterocycles. The number of carbonyl (C=O) groups is 1. The van der Waals surface area contributed by atoms with Gasteiger partial charge in [-0.15, -0.1) is 0 Å². The normalized spacial score (nSPS) is 15.0. The molecular weight excluding hydrogens is 488 g/mol. The molecule has 2 aromatic carbocycles. The molecular formula is C31H38N6O2. The van der Waals surface area contributed by atoms with Crippen LogP contribution in [0.1, 0.15) is 32.0 Å². The monoisotopic (exact) mass is 526 g/mol. The lowest BCUT2D eigenvalue weighted by atomic mass is 9.87. The number of nitrogens with zero attached hydrogens (tertiary/aromatic N) is 5. The predicted octanol–water partition coefficient (Wildman–Crippen LogP) is 5.16. The highest BCUT2D eigenvalue weighted by atomic mass is 16.5. The fraction of sp³-hybridized carbons (Fsp3) is 0.387. The molecule has 2 aromatic heterocycles. The standard InChI is InChI=1S/C31H38N6O2/c1-31(2,3)22-7-6-8-23(17-22)33-30-34-28-20-26(9-10-29(28)36(30)5)39-27-11-12-32-24(19-27)18-25(38)21-37-15-13-35(4)14-16-37/h6-12,17,19-20H,13-16,18,21H2,1-5H3,(H,33,34). The zero-order valence-electron chi connectivity index (χ0n) is 23.6. The van der Waals surface area contributed by atoms with Crippen molar-refractivity contribution in [3.63, 3.8) is 0 Å². The summed E-state index contributed by atoms with van der Waals surface area (Å²) in [4.78, 5) is 26.4. The Balaban J connectivity index is 1.26. The number of ketones is 1. The van der Waals surface area contributed by atoms with Crippen molar-refractivity contribution < 1.29 is 9.53 Å². The average Bonchev–Trinajstić information content (AvgIpc) is 3.19. The number of anilines is 2. The van der Waals surface area contributed by atoms with Crippen LogP contribution in [0.2, 0.25) is 0 Å². The van der Waals surface area contributed by atoms with E-state index in [9.17, 15) is 4.79 Å². The highest BCUT2D eigenvalue weighted by Crippen LogP contribution is 2.30. The molecule has 204 valence electrons. The van der Waals surface area contributed by atoms with Gasteiger partial charge in [0.2, 0.25) is 5.95 Å². The van der Waals surface area contributed by atoms with Crippen LogP contribution in [0.4, 0.5) is 11.6 Å². The SMILES string of the molecule is CN1CCN(CC(=O)Cc2cc(Oc3ccc4c(c3)nc(Nc3cccc(C(C)(C)C)c3)n4C)ccn2)CC1. The number of hydrogen-bond acceptors (Lipinski definition) is 7. The highest BCUT2D eigenvalue weighted by molar-refractivity contribution is 5.83. The molecule has 8 heteroatoms. The van der Waals surface area contributed by atoms with Crippen LogP contribution in [0.15, 0.2) is 60.8 Å². The number of aryl methyl sites for hydroxylation is 1. The summed E-state index contributed by atoms with van der Waals surface area (Å²) < 4.78 is 8.20. The molecule has 0 spiro atoms. The second-order valence-electron chi connectivity index (χ2n) is 11.5. The number of Topliss-reactive ketones (excluding diaryl/α,β-unsaturated/α-hetero) is 1. The van der Waals surface area contributed by atoms with Gasteiger partial charge >= 0.3 is 0 Å². The number of aromatic nitrogens is 3. The third-order valence-corrected chi connectivity index (χ3v) is 7.23. The minimum absolute atomic E-state index is 0.0704. The van der Waals surface area contributed by atoms with Gasteiger partial charge in [-0.25, -0.2) is 4.98 Å². The van der Waals surface area contributed by atoms with Gasteiger partial charge in [-0.3, -0.25) is 14.7 Å². The Bertz CT molecular complexity index is 1460. The summed E-state index contributed by atoms with van der Waals surface area (Å²) >= 11 is 0. The molecule has 8 nitrogen and oxygen atoms in total. The van der Waals surface area contributed by atoms with Crippen molar-refractivity contribution in [1.29, 1.82) is 0 Å². The van der Waals surface area contributed by atoms with Gasteiger partial charge in [-0.1, -0.05) is 32.9 Å². The zero-order chi connectivity index (χ0) is 27.6. The minimum atomic E-state index is 0.0704. The summed E-state index contributed by atoms with van der Waals surface area (Å²) in [5.74, 6) is 2.27. The van der Waals surface area contributed by atoms with Gasteiger partial charge in [-0.2, -0.15) is 0 Å². The van der Waals surface area contributed by atoms with Crippen LogP contribution >= 0.6 is 0 Å². The third kappa shape index (κ3) is 6.64. The maximum atomic E-state index is 12.7. The fourth-order valence-electron chi connectivity index (χ4n) is 4.81. The average molecular weight is 527 g/mol. The Morgan fingerprint density at radius 2 is 1.74 bits per heavy atom. The maximum Gasteiger partial charge on any atom is 0.208 e. The van der Waals surface area contributed by atoms with Crippen LogP contribution in [0.3, 0.4) is 0 Å². The number of imidazole rings is 1. The molecule has 0 radical (unpaired) electrons. The van der Waals surface area contributed by atoms with E-state index in [4.69, 9.17) is 9.72 Å². The molecule has 39 heavy (non-hydrogen) atoms. The molecule has 5 rings (SSSR count). The molecule has 1 N–H and O–H groups in total. The summed E-state index contributed by atoms with van der Waals surface area (Å²) in [6.45, 7) is 10.9. The largest absolute Gasteiger partial charge is 0.457 e. The lowest BCUT2D eigenvalue weighted by Crippen LogP contribution is -2.46. The minimum Gasteiger partial charge on any atom is -0.457 e. The van der Waals surface area contributed by atoms with Crippen LogP contribution in [0.25, 0.3) is 11.0 Å². The Labute approximate surface area is 230 Å². The van der Waals surface area contributed by atoms with Crippen LogP contribution < -0.4 is 10.1 Å². The molecule has 0 unspecified atom stereocenters. The number of benzene rings is 2. The van der Waals surface area contributed by atoms with E-state index in [0.717, 1.165) is 54.5 Å². The number of rotatable bonds is 8. The van der Waals surface area contributed by atoms with Crippen LogP contribution in [-0.4, -0.2) is 69.9 Å². The van der Waals surface area contributed by atoms with E-state index in [0.29, 0.717) is 24.5 Å². The van der Waals surface area contributed by atoms with E-state index >= 15 is 0 Å². The molecule has 1 fully saturated rings. The maximum absolute atomic E-state index is 12.7. The number of piperazine rings is 1. The van der Waals surface area contributed by atoms with E-state index in [-0.39, 0.29) is 11.2 Å². The smallest absolute Gasteiger partial charge is 0.208 e. The summed E-state index contributed by atoms with van der Waals surface area (Å²) in [5.41, 5.74) is 4.89. The fourth-order valence-corrected chi connectivity index (χ4v) is 4.81. The van der Waals surface area contributed by atoms with Gasteiger partial charge in [0.25, 0.3) is 0 Å². The third-order valence-electron chi connectivity index (χ3n) is 7.23. The lowest BCUT2D eigenvalue weighted by molar-refractivity contribution is -0.120. The van der Waals surface area contributed by atoms with Crippen LogP contribution in [-0.2, 0) is 23.7 Å². The van der Waals surface area contributed by atoms with Gasteiger partial charge in [0, 0.05) is 57.2 Å². The molecule has 0 saturated carbocycles. The van der Waals surface area contributed by atoms with Crippen molar-refractivity contribution in [3.05, 3.63) is 72.1 Å². The second kappa shape index (κ2) is 11.2. The van der Waals surface area contributed by atoms with E-state index < -0.39 is 0 Å². The quantitative estimate of drug-likeness (QED) is 0.340. The Morgan fingerprint density at radius 1 is 0.974 bits per heavy atom. The van der Waals surface area contributed by atoms with E-state index in [1.807, 2.05) is 41.9 Å². The number of carbonyl (C=O) groups excluding carboxylic acids is 1. The number of ether oxygens (including phenoxy) is 1. The van der Waals surface area contributed by atoms with E-state index in [1.54, 1.807) is 6.20 Å². The Kier molecular flexibility index (Phi) is 7.68. The molecule has 3 heterocycles. The molecule has 0 aliphatic carbocycles. The van der Waals surface area contributed by atoms with Crippen molar-refractivity contribution in [2.24, 2.45) is 7.05 Å². The molecule has 1 aliphatic heterocycles. The number of likely N-dealkylation sites (N-methyl/N-ethyl adjacent to an activating group) is 1. The van der Waals surface area contributed by atoms with E-state index in [1.165, 1.54) is 5.56 Å². The molecule has 0 bridgehead atoms. The Morgan fingerprint density at radius 3 is 2.51 bits per heavy atom. The van der Waals surface area contributed by atoms with Crippen molar-refractivity contribution >= 4 is 28.5 Å². The molecule has 4 aromatic rings. The first kappa shape index (κ1) is 26.8. The summed E-state index contributed by atoms with van der Waals surface area (Å²) in [6.07, 6.45) is 2.00. The number of fused-ring (bicyclic) bond motifs is 1. The predicted molar refractivity (Wildman–Crippen MR) is 156 cm³/mol. The topological polar surface area (TPSA) is 75.5 Å². The Hall–Kier alpha value is -3.75. The first-order chi connectivity index (χ1) is 18.6. The number of hydrogen-bond donors (Lipinski definition) is 1. The first-order valence-electron chi connectivity index (χ1n) is 13.5. The van der Waals surface area contributed by atoms with Crippen molar-refractivity contribution in [1.82, 2.24) is 24.3 Å². The van der Waals surface area contributed by atoms with Gasteiger partial charge < -0.3 is 19.5 Å². The first-order valence-corrected chi connectivity index (χ1v) is 13.5. The van der Waals surface area contributed by atoms with Gasteiger partial charge in [0.1, 0.15) is 11.5 Å². The van der Waals surface area contributed by atoms with Crippen LogP contribution in [0.5, 0.6) is 11.5 Å². The molecule has 0 amide bonds. The van der Waals surface area contributed by atoms with Crippen molar-refractivity contribution in [2.45, 2.75) is 32.6 Å². The second-order valence-corrected chi connectivity index (χ2v) is 11.5. The summed E-state index contributed by atoms with van der Waals surface area (Å²) in [6, 6.07) is 18.0. The number of pyridine rings is 1. The van der Waals surface area contributed by atoms with Crippen LogP contribution in [0, 0.1) is 0 Å². The summed E-state index contributed by atoms with van der Waals surface area (Å²) in [5, 5.41) is 3.47. The molecule has 0 atom stereocenters. The number of nitrogens with one attached hydrogen (secondary N) is 1. The highest BCUT2D eigenvalue weighted by Gasteiger charge is 2.18. The van der Waals surface area contributed by atoms with Gasteiger partial charge in [-0.05, 0) is 48.4 Å². The van der Waals surface area contributed by atoms with Crippen molar-refractivity contribution in [2.75, 3.05) is 45.1 Å². The summed E-state index contributed by atoms with van der Waals surface area (Å²) in [7, 11) is 4.11. The van der Waals surface area contributed by atoms with E-state index in [2.05, 4.69) is 72.2 Å².